The van der Waals surface area contributed by atoms with Gasteiger partial charge in [0.2, 0.25) is 0 Å². The number of hydrogen-bond donors (Lipinski definition) is 2. The third-order valence-corrected chi connectivity index (χ3v) is 1.89. The van der Waals surface area contributed by atoms with Crippen molar-refractivity contribution in [1.82, 2.24) is 14.8 Å². The quantitative estimate of drug-likeness (QED) is 0.691. The van der Waals surface area contributed by atoms with Crippen molar-refractivity contribution < 1.29 is 9.90 Å². The number of aromatic amines is 1. The van der Waals surface area contributed by atoms with Crippen molar-refractivity contribution in [3.8, 4) is 0 Å². The van der Waals surface area contributed by atoms with Gasteiger partial charge < -0.3 is 9.67 Å². The Morgan fingerprint density at radius 3 is 3.14 bits per heavy atom. The molecule has 0 spiro atoms. The number of aromatic nitrogens is 3. The van der Waals surface area contributed by atoms with E-state index in [1.54, 1.807) is 6.07 Å². The maximum absolute atomic E-state index is 11.6. The maximum Gasteiger partial charge on any atom is 0.323 e. The Hall–Kier alpha value is -2.11. The molecule has 0 atom stereocenters. The number of carboxylic acid groups (broad SMARTS) is 1. The van der Waals surface area contributed by atoms with Crippen LogP contribution in [0.1, 0.15) is 0 Å². The highest BCUT2D eigenvalue weighted by Crippen LogP contribution is 2.02. The minimum Gasteiger partial charge on any atom is -0.480 e. The summed E-state index contributed by atoms with van der Waals surface area (Å²) < 4.78 is 1.13. The van der Waals surface area contributed by atoms with Crippen molar-refractivity contribution in [3.63, 3.8) is 0 Å². The fourth-order valence-corrected chi connectivity index (χ4v) is 1.25. The zero-order valence-corrected chi connectivity index (χ0v) is 7.10. The molecule has 0 aromatic carbocycles. The molecule has 0 radical (unpaired) electrons. The third-order valence-electron chi connectivity index (χ3n) is 1.89. The highest BCUT2D eigenvalue weighted by molar-refractivity contribution is 5.76. The highest BCUT2D eigenvalue weighted by atomic mass is 16.4. The largest absolute Gasteiger partial charge is 0.480 e. The van der Waals surface area contributed by atoms with Gasteiger partial charge in [-0.25, -0.2) is 0 Å². The summed E-state index contributed by atoms with van der Waals surface area (Å²) in [5, 5.41) is 15.3. The van der Waals surface area contributed by atoms with Crippen molar-refractivity contribution in [2.45, 2.75) is 6.54 Å². The van der Waals surface area contributed by atoms with Gasteiger partial charge in [0.1, 0.15) is 6.54 Å². The molecule has 0 aliphatic carbocycles. The second-order valence-electron chi connectivity index (χ2n) is 2.84. The van der Waals surface area contributed by atoms with Crippen molar-refractivity contribution in [2.24, 2.45) is 0 Å². The lowest BCUT2D eigenvalue weighted by molar-refractivity contribution is -0.137. The Labute approximate surface area is 77.8 Å². The lowest BCUT2D eigenvalue weighted by atomic mass is 10.3. The van der Waals surface area contributed by atoms with Crippen LogP contribution in [0.4, 0.5) is 0 Å². The summed E-state index contributed by atoms with van der Waals surface area (Å²) in [6, 6.07) is 1.62. The van der Waals surface area contributed by atoms with E-state index in [2.05, 4.69) is 10.2 Å². The minimum atomic E-state index is -1.05. The summed E-state index contributed by atoms with van der Waals surface area (Å²) in [5.74, 6) is -1.05. The van der Waals surface area contributed by atoms with E-state index in [0.29, 0.717) is 10.9 Å². The van der Waals surface area contributed by atoms with Crippen LogP contribution >= 0.6 is 0 Å². The predicted molar refractivity (Wildman–Crippen MR) is 48.0 cm³/mol. The Kier molecular flexibility index (Phi) is 1.81. The highest BCUT2D eigenvalue weighted by Gasteiger charge is 2.06. The van der Waals surface area contributed by atoms with Crippen molar-refractivity contribution in [1.29, 1.82) is 0 Å². The van der Waals surface area contributed by atoms with Gasteiger partial charge in [-0.3, -0.25) is 14.7 Å². The molecule has 6 nitrogen and oxygen atoms in total. The van der Waals surface area contributed by atoms with Crippen LogP contribution in [0.3, 0.4) is 0 Å². The van der Waals surface area contributed by atoms with Gasteiger partial charge in [0.25, 0.3) is 5.56 Å². The lowest BCUT2D eigenvalue weighted by Crippen LogP contribution is -2.23. The van der Waals surface area contributed by atoms with E-state index >= 15 is 0 Å². The summed E-state index contributed by atoms with van der Waals surface area (Å²) in [7, 11) is 0. The van der Waals surface area contributed by atoms with Crippen LogP contribution < -0.4 is 5.56 Å². The van der Waals surface area contributed by atoms with Gasteiger partial charge in [-0.05, 0) is 6.07 Å². The standard InChI is InChI=1S/C8H7N3O3/c12-7(13)4-11-2-1-6-5(8(11)14)3-9-10-6/h1-3H,4H2,(H,9,10)(H,12,13). The average Bonchev–Trinajstić information content (AvgIpc) is 2.57. The first-order valence-electron chi connectivity index (χ1n) is 3.93. The van der Waals surface area contributed by atoms with Gasteiger partial charge in [-0.1, -0.05) is 0 Å². The average molecular weight is 193 g/mol. The topological polar surface area (TPSA) is 88.0 Å². The first-order valence-corrected chi connectivity index (χ1v) is 3.93. The number of hydrogen-bond acceptors (Lipinski definition) is 3. The van der Waals surface area contributed by atoms with Gasteiger partial charge >= 0.3 is 5.97 Å². The van der Waals surface area contributed by atoms with Crippen LogP contribution in [0.2, 0.25) is 0 Å². The van der Waals surface area contributed by atoms with E-state index in [-0.39, 0.29) is 12.1 Å². The first kappa shape index (κ1) is 8.49. The van der Waals surface area contributed by atoms with E-state index in [1.807, 2.05) is 0 Å². The molecule has 2 N–H and O–H groups in total. The Balaban J connectivity index is 2.62. The molecule has 0 unspecified atom stereocenters. The molecule has 0 saturated heterocycles. The van der Waals surface area contributed by atoms with Gasteiger partial charge in [0.05, 0.1) is 17.1 Å². The number of nitrogens with zero attached hydrogens (tertiary/aromatic N) is 2. The molecule has 2 rings (SSSR count). The van der Waals surface area contributed by atoms with Crippen LogP contribution in [0, 0.1) is 0 Å². The molecular weight excluding hydrogens is 186 g/mol. The zero-order valence-electron chi connectivity index (χ0n) is 7.10. The summed E-state index contributed by atoms with van der Waals surface area (Å²) in [5.41, 5.74) is 0.260. The summed E-state index contributed by atoms with van der Waals surface area (Å²) in [6.45, 7) is -0.333. The number of nitrogens with one attached hydrogen (secondary N) is 1. The molecule has 0 aliphatic rings. The van der Waals surface area contributed by atoms with Crippen LogP contribution in [-0.2, 0) is 11.3 Å². The normalized spacial score (nSPS) is 10.6. The second kappa shape index (κ2) is 2.99. The van der Waals surface area contributed by atoms with E-state index in [1.165, 1.54) is 12.4 Å². The molecule has 0 bridgehead atoms. The number of carboxylic acids is 1. The molecule has 0 amide bonds. The Bertz CT molecular complexity index is 540. The molecule has 0 fully saturated rings. The fourth-order valence-electron chi connectivity index (χ4n) is 1.25. The number of H-pyrrole nitrogens is 1. The van der Waals surface area contributed by atoms with Gasteiger partial charge in [0, 0.05) is 6.20 Å². The number of pyridine rings is 1. The van der Waals surface area contributed by atoms with E-state index in [4.69, 9.17) is 5.11 Å². The molecule has 2 aromatic rings. The Morgan fingerprint density at radius 1 is 1.64 bits per heavy atom. The number of rotatable bonds is 2. The van der Waals surface area contributed by atoms with Crippen molar-refractivity contribution in [2.75, 3.05) is 0 Å². The van der Waals surface area contributed by atoms with Gasteiger partial charge in [-0.2, -0.15) is 5.10 Å². The van der Waals surface area contributed by atoms with E-state index < -0.39 is 5.97 Å². The number of carbonyl (C=O) groups is 1. The predicted octanol–water partition coefficient (Wildman–Crippen LogP) is -0.191. The van der Waals surface area contributed by atoms with Crippen LogP contribution in [-0.4, -0.2) is 25.8 Å². The van der Waals surface area contributed by atoms with Gasteiger partial charge in [-0.15, -0.1) is 0 Å². The first-order chi connectivity index (χ1) is 6.68. The fraction of sp³-hybridized carbons (Fsp3) is 0.125. The maximum atomic E-state index is 11.6. The smallest absolute Gasteiger partial charge is 0.323 e. The van der Waals surface area contributed by atoms with Crippen LogP contribution in [0.5, 0.6) is 0 Å². The molecular formula is C8H7N3O3. The summed E-state index contributed by atoms with van der Waals surface area (Å²) in [6.07, 6.45) is 2.81. The van der Waals surface area contributed by atoms with Crippen LogP contribution in [0.25, 0.3) is 10.9 Å². The molecule has 0 saturated carbocycles. The van der Waals surface area contributed by atoms with E-state index in [0.717, 1.165) is 4.57 Å². The zero-order chi connectivity index (χ0) is 10.1. The molecule has 72 valence electrons. The Morgan fingerprint density at radius 2 is 2.43 bits per heavy atom. The second-order valence-corrected chi connectivity index (χ2v) is 2.84. The molecule has 14 heavy (non-hydrogen) atoms. The number of aliphatic carboxylic acids is 1. The van der Waals surface area contributed by atoms with Crippen molar-refractivity contribution in [3.05, 3.63) is 28.8 Å². The summed E-state index contributed by atoms with van der Waals surface area (Å²) >= 11 is 0. The summed E-state index contributed by atoms with van der Waals surface area (Å²) in [4.78, 5) is 22.0. The lowest BCUT2D eigenvalue weighted by Gasteiger charge is -2.00. The van der Waals surface area contributed by atoms with Gasteiger partial charge in [0.15, 0.2) is 0 Å². The van der Waals surface area contributed by atoms with Crippen molar-refractivity contribution >= 4 is 16.9 Å². The molecule has 6 heteroatoms. The molecule has 0 aliphatic heterocycles. The SMILES string of the molecule is O=C(O)Cn1ccc2[nH]ncc2c1=O. The monoisotopic (exact) mass is 193 g/mol. The molecule has 2 heterocycles. The van der Waals surface area contributed by atoms with E-state index in [9.17, 15) is 9.59 Å². The minimum absolute atomic E-state index is 0.333. The molecule has 2 aromatic heterocycles. The third kappa shape index (κ3) is 1.26. The van der Waals surface area contributed by atoms with Crippen LogP contribution in [0.15, 0.2) is 23.3 Å². The number of fused-ring (bicyclic) bond motifs is 1.